The SMILES string of the molecule is CC(=O)N(/C=C/C1=[N+](c2ccccc2)c2ccc(S(=O)(=O)O)cc2C1(C)C)c1ccccc1. The minimum Gasteiger partial charge on any atom is -0.288 e. The molecule has 0 saturated heterocycles. The second kappa shape index (κ2) is 8.42. The lowest BCUT2D eigenvalue weighted by Gasteiger charge is -2.18. The average molecular weight is 462 g/mol. The molecule has 7 heteroatoms. The Kier molecular flexibility index (Phi) is 5.78. The van der Waals surface area contributed by atoms with Gasteiger partial charge in [0.05, 0.1) is 10.3 Å². The average Bonchev–Trinajstić information content (AvgIpc) is 3.00. The first-order valence-corrected chi connectivity index (χ1v) is 11.9. The van der Waals surface area contributed by atoms with E-state index in [4.69, 9.17) is 0 Å². The van der Waals surface area contributed by atoms with Gasteiger partial charge in [-0.1, -0.05) is 36.4 Å². The van der Waals surface area contributed by atoms with Crippen LogP contribution >= 0.6 is 0 Å². The molecule has 3 aromatic rings. The third kappa shape index (κ3) is 4.25. The predicted octanol–water partition coefficient (Wildman–Crippen LogP) is 5.07. The fraction of sp³-hybridized carbons (Fsp3) is 0.154. The fourth-order valence-electron chi connectivity index (χ4n) is 4.16. The van der Waals surface area contributed by atoms with E-state index < -0.39 is 15.5 Å². The highest BCUT2D eigenvalue weighted by Gasteiger charge is 2.46. The van der Waals surface area contributed by atoms with Gasteiger partial charge < -0.3 is 0 Å². The lowest BCUT2D eigenvalue weighted by Crippen LogP contribution is -2.29. The Morgan fingerprint density at radius 1 is 0.970 bits per heavy atom. The van der Waals surface area contributed by atoms with Crippen molar-refractivity contribution in [1.29, 1.82) is 0 Å². The molecule has 0 saturated carbocycles. The van der Waals surface area contributed by atoms with E-state index >= 15 is 0 Å². The van der Waals surface area contributed by atoms with Gasteiger partial charge in [0.15, 0.2) is 5.71 Å². The molecular weight excluding hydrogens is 436 g/mol. The molecule has 0 unspecified atom stereocenters. The Hall–Kier alpha value is -3.55. The van der Waals surface area contributed by atoms with Gasteiger partial charge in [0.1, 0.15) is 0 Å². The molecule has 1 heterocycles. The Balaban J connectivity index is 1.91. The molecule has 1 N–H and O–H groups in total. The number of benzene rings is 3. The van der Waals surface area contributed by atoms with E-state index in [2.05, 4.69) is 0 Å². The first-order chi connectivity index (χ1) is 15.6. The number of nitrogens with zero attached hydrogens (tertiary/aromatic N) is 2. The van der Waals surface area contributed by atoms with Crippen LogP contribution in [-0.2, 0) is 20.3 Å². The smallest absolute Gasteiger partial charge is 0.288 e. The van der Waals surface area contributed by atoms with Gasteiger partial charge in [0.2, 0.25) is 17.3 Å². The van der Waals surface area contributed by atoms with Crippen LogP contribution in [0.3, 0.4) is 0 Å². The van der Waals surface area contributed by atoms with Gasteiger partial charge in [-0.15, -0.1) is 0 Å². The van der Waals surface area contributed by atoms with E-state index in [9.17, 15) is 17.8 Å². The molecule has 6 nitrogen and oxygen atoms in total. The van der Waals surface area contributed by atoms with Crippen molar-refractivity contribution in [2.24, 2.45) is 0 Å². The molecule has 1 aliphatic heterocycles. The molecule has 0 aliphatic carbocycles. The Bertz CT molecular complexity index is 1380. The van der Waals surface area contributed by atoms with E-state index in [1.165, 1.54) is 19.1 Å². The molecule has 0 radical (unpaired) electrons. The monoisotopic (exact) mass is 461 g/mol. The summed E-state index contributed by atoms with van der Waals surface area (Å²) in [5.41, 5.74) is 3.47. The summed E-state index contributed by atoms with van der Waals surface area (Å²) in [6, 6.07) is 23.7. The third-order valence-electron chi connectivity index (χ3n) is 5.83. The van der Waals surface area contributed by atoms with Gasteiger partial charge in [0.25, 0.3) is 10.1 Å². The number of hydrogen-bond acceptors (Lipinski definition) is 3. The number of hydrogen-bond donors (Lipinski definition) is 1. The normalized spacial score (nSPS) is 15.0. The van der Waals surface area contributed by atoms with Crippen LogP contribution in [0.5, 0.6) is 0 Å². The Labute approximate surface area is 193 Å². The molecule has 0 spiro atoms. The second-order valence-electron chi connectivity index (χ2n) is 8.38. The molecule has 0 atom stereocenters. The highest BCUT2D eigenvalue weighted by Crippen LogP contribution is 2.43. The molecule has 1 aliphatic rings. The summed E-state index contributed by atoms with van der Waals surface area (Å²) >= 11 is 0. The van der Waals surface area contributed by atoms with Crippen molar-refractivity contribution in [1.82, 2.24) is 4.58 Å². The molecule has 4 rings (SSSR count). The minimum atomic E-state index is -4.35. The number of rotatable bonds is 5. The van der Waals surface area contributed by atoms with Gasteiger partial charge in [-0.2, -0.15) is 13.0 Å². The van der Waals surface area contributed by atoms with Crippen LogP contribution in [0.15, 0.2) is 96.0 Å². The highest BCUT2D eigenvalue weighted by molar-refractivity contribution is 7.85. The lowest BCUT2D eigenvalue weighted by molar-refractivity contribution is -0.116. The highest BCUT2D eigenvalue weighted by atomic mass is 32.2. The zero-order chi connectivity index (χ0) is 23.8. The summed E-state index contributed by atoms with van der Waals surface area (Å²) < 4.78 is 35.2. The molecule has 168 valence electrons. The standard InChI is InChI=1S/C26H24N2O4S/c1-19(29)27(20-10-6-4-7-11-20)17-16-25-26(2,3)23-18-22(33(30,31)32)14-15-24(23)28(25)21-12-8-5-9-13-21/h4-18H,1-3H3/p+1. The van der Waals surface area contributed by atoms with Gasteiger partial charge >= 0.3 is 0 Å². The fourth-order valence-corrected chi connectivity index (χ4v) is 4.67. The van der Waals surface area contributed by atoms with E-state index in [0.29, 0.717) is 0 Å². The number of carbonyl (C=O) groups is 1. The number of allylic oxidation sites excluding steroid dienone is 1. The second-order valence-corrected chi connectivity index (χ2v) is 9.80. The van der Waals surface area contributed by atoms with Crippen molar-refractivity contribution in [3.8, 4) is 0 Å². The van der Waals surface area contributed by atoms with Crippen molar-refractivity contribution in [2.75, 3.05) is 4.90 Å². The predicted molar refractivity (Wildman–Crippen MR) is 131 cm³/mol. The van der Waals surface area contributed by atoms with E-state index in [-0.39, 0.29) is 10.8 Å². The summed E-state index contributed by atoms with van der Waals surface area (Å²) in [5.74, 6) is -0.133. The van der Waals surface area contributed by atoms with Gasteiger partial charge in [0, 0.05) is 48.6 Å². The van der Waals surface area contributed by atoms with Crippen LogP contribution in [0.2, 0.25) is 0 Å². The van der Waals surface area contributed by atoms with Crippen LogP contribution in [0, 0.1) is 0 Å². The largest absolute Gasteiger partial charge is 0.294 e. The number of amides is 1. The molecule has 0 fully saturated rings. The van der Waals surface area contributed by atoms with Gasteiger partial charge in [-0.3, -0.25) is 14.2 Å². The maximum absolute atomic E-state index is 12.4. The summed E-state index contributed by atoms with van der Waals surface area (Å²) in [7, 11) is -4.35. The molecule has 0 bridgehead atoms. The van der Waals surface area contributed by atoms with Crippen molar-refractivity contribution < 1.29 is 17.8 Å². The molecular formula is C26H25N2O4S+. The van der Waals surface area contributed by atoms with Crippen LogP contribution in [-0.4, -0.2) is 24.6 Å². The maximum Gasteiger partial charge on any atom is 0.294 e. The zero-order valence-corrected chi connectivity index (χ0v) is 19.5. The van der Waals surface area contributed by atoms with Crippen molar-refractivity contribution >= 4 is 38.8 Å². The third-order valence-corrected chi connectivity index (χ3v) is 6.68. The zero-order valence-electron chi connectivity index (χ0n) is 18.6. The van der Waals surface area contributed by atoms with E-state index in [0.717, 1.165) is 28.3 Å². The van der Waals surface area contributed by atoms with Crippen LogP contribution < -0.4 is 9.48 Å². The summed E-state index contributed by atoms with van der Waals surface area (Å²) in [6.45, 7) is 5.48. The topological polar surface area (TPSA) is 77.7 Å². The maximum atomic E-state index is 12.4. The van der Waals surface area contributed by atoms with Crippen LogP contribution in [0.25, 0.3) is 0 Å². The van der Waals surface area contributed by atoms with Crippen molar-refractivity contribution in [3.05, 3.63) is 96.7 Å². The number of fused-ring (bicyclic) bond motifs is 1. The Morgan fingerprint density at radius 2 is 1.58 bits per heavy atom. The number of para-hydroxylation sites is 2. The lowest BCUT2D eigenvalue weighted by atomic mass is 9.81. The first-order valence-electron chi connectivity index (χ1n) is 10.5. The molecule has 1 amide bonds. The summed E-state index contributed by atoms with van der Waals surface area (Å²) in [4.78, 5) is 13.8. The van der Waals surface area contributed by atoms with Gasteiger partial charge in [-0.05, 0) is 38.1 Å². The van der Waals surface area contributed by atoms with E-state index in [1.807, 2.05) is 85.2 Å². The minimum absolute atomic E-state index is 0.133. The molecule has 3 aromatic carbocycles. The van der Waals surface area contributed by atoms with Crippen molar-refractivity contribution in [2.45, 2.75) is 31.1 Å². The number of carbonyl (C=O) groups excluding carboxylic acids is 1. The first kappa shape index (κ1) is 22.6. The van der Waals surface area contributed by atoms with Crippen LogP contribution in [0.1, 0.15) is 26.3 Å². The van der Waals surface area contributed by atoms with Gasteiger partial charge in [-0.25, -0.2) is 0 Å². The van der Waals surface area contributed by atoms with Crippen molar-refractivity contribution in [3.63, 3.8) is 0 Å². The van der Waals surface area contributed by atoms with E-state index in [1.54, 1.807) is 17.2 Å². The summed E-state index contributed by atoms with van der Waals surface area (Å²) in [5, 5.41) is 0. The number of anilines is 1. The summed E-state index contributed by atoms with van der Waals surface area (Å²) in [6.07, 6.45) is 3.62. The Morgan fingerprint density at radius 3 is 2.15 bits per heavy atom. The quantitative estimate of drug-likeness (QED) is 0.425. The molecule has 33 heavy (non-hydrogen) atoms. The molecule has 0 aromatic heterocycles. The van der Waals surface area contributed by atoms with Crippen LogP contribution in [0.4, 0.5) is 17.1 Å².